The predicted octanol–water partition coefficient (Wildman–Crippen LogP) is 3.16. The summed E-state index contributed by atoms with van der Waals surface area (Å²) in [7, 11) is 3.48. The van der Waals surface area contributed by atoms with Gasteiger partial charge in [-0.15, -0.1) is 0 Å². The van der Waals surface area contributed by atoms with Gasteiger partial charge in [-0.25, -0.2) is 19.7 Å². The van der Waals surface area contributed by atoms with Gasteiger partial charge < -0.3 is 20.1 Å². The third-order valence-corrected chi connectivity index (χ3v) is 4.32. The number of pyridine rings is 1. The maximum Gasteiger partial charge on any atom is 0.354 e. The van der Waals surface area contributed by atoms with E-state index in [0.29, 0.717) is 24.1 Å². The van der Waals surface area contributed by atoms with Crippen LogP contribution in [0.3, 0.4) is 0 Å². The quantitative estimate of drug-likeness (QED) is 0.613. The minimum absolute atomic E-state index is 0.105. The lowest BCUT2D eigenvalue weighted by molar-refractivity contribution is -0.105. The molecule has 1 unspecified atom stereocenters. The van der Waals surface area contributed by atoms with Crippen LogP contribution >= 0.6 is 0 Å². The number of hydrogen-bond acceptors (Lipinski definition) is 7. The standard InChI is InChI=1S/C14H22N2O2.C6H7N3O2/c1-5-7-11(6-2)16(4)13-10(3)8-9-12(15-13)14(17)18;1-11-6-2-5(9-4-10)7-3-8-6/h8-9,11H,5-7H2,1-4H3,(H,17,18);2-4H,1H3,(H,7,8,9,10). The molecule has 0 aliphatic heterocycles. The van der Waals surface area contributed by atoms with Gasteiger partial charge in [0.1, 0.15) is 18.0 Å². The molecule has 1 atom stereocenters. The van der Waals surface area contributed by atoms with Gasteiger partial charge in [-0.05, 0) is 31.4 Å². The zero-order valence-electron chi connectivity index (χ0n) is 17.5. The van der Waals surface area contributed by atoms with Crippen LogP contribution in [-0.2, 0) is 4.79 Å². The summed E-state index contributed by atoms with van der Waals surface area (Å²) in [5, 5.41) is 11.4. The highest BCUT2D eigenvalue weighted by Crippen LogP contribution is 2.22. The maximum absolute atomic E-state index is 11.0. The molecular weight excluding hydrogens is 374 g/mol. The van der Waals surface area contributed by atoms with E-state index in [1.807, 2.05) is 20.0 Å². The molecule has 2 aromatic rings. The molecule has 0 fully saturated rings. The lowest BCUT2D eigenvalue weighted by atomic mass is 10.1. The summed E-state index contributed by atoms with van der Waals surface area (Å²) in [5.74, 6) is 0.639. The van der Waals surface area contributed by atoms with E-state index in [1.165, 1.54) is 19.5 Å². The second kappa shape index (κ2) is 12.3. The summed E-state index contributed by atoms with van der Waals surface area (Å²) in [6.45, 7) is 6.26. The Morgan fingerprint density at radius 1 is 1.34 bits per heavy atom. The van der Waals surface area contributed by atoms with Crippen molar-refractivity contribution in [3.8, 4) is 5.88 Å². The van der Waals surface area contributed by atoms with Crippen LogP contribution in [0.1, 0.15) is 49.2 Å². The number of carboxylic acids is 1. The molecule has 0 aliphatic carbocycles. The largest absolute Gasteiger partial charge is 0.481 e. The van der Waals surface area contributed by atoms with Crippen LogP contribution in [0.2, 0.25) is 0 Å². The normalized spacial score (nSPS) is 10.9. The van der Waals surface area contributed by atoms with Crippen LogP contribution in [0, 0.1) is 6.92 Å². The predicted molar refractivity (Wildman–Crippen MR) is 112 cm³/mol. The molecule has 2 heterocycles. The van der Waals surface area contributed by atoms with E-state index in [9.17, 15) is 9.59 Å². The Kier molecular flexibility index (Phi) is 10.1. The molecule has 2 rings (SSSR count). The van der Waals surface area contributed by atoms with Crippen molar-refractivity contribution in [2.75, 3.05) is 24.4 Å². The number of aryl methyl sites for hydroxylation is 1. The Morgan fingerprint density at radius 2 is 2.07 bits per heavy atom. The first kappa shape index (κ1) is 23.8. The molecule has 0 aromatic carbocycles. The number of carbonyl (C=O) groups excluding carboxylic acids is 1. The topological polar surface area (TPSA) is 118 Å². The maximum atomic E-state index is 11.0. The Balaban J connectivity index is 0.000000326. The monoisotopic (exact) mass is 403 g/mol. The molecular formula is C20H29N5O4. The third kappa shape index (κ3) is 7.36. The van der Waals surface area contributed by atoms with Crippen molar-refractivity contribution in [3.05, 3.63) is 35.8 Å². The minimum Gasteiger partial charge on any atom is -0.481 e. The molecule has 0 spiro atoms. The highest BCUT2D eigenvalue weighted by Gasteiger charge is 2.17. The van der Waals surface area contributed by atoms with Crippen molar-refractivity contribution in [3.63, 3.8) is 0 Å². The summed E-state index contributed by atoms with van der Waals surface area (Å²) in [6.07, 6.45) is 5.08. The fourth-order valence-electron chi connectivity index (χ4n) is 2.76. The van der Waals surface area contributed by atoms with E-state index in [0.717, 1.165) is 30.6 Å². The first-order valence-electron chi connectivity index (χ1n) is 9.37. The fraction of sp³-hybridized carbons (Fsp3) is 0.450. The van der Waals surface area contributed by atoms with Crippen molar-refractivity contribution in [2.45, 2.75) is 46.1 Å². The van der Waals surface area contributed by atoms with E-state index in [2.05, 4.69) is 39.0 Å². The van der Waals surface area contributed by atoms with Crippen LogP contribution in [0.15, 0.2) is 24.5 Å². The van der Waals surface area contributed by atoms with E-state index in [1.54, 1.807) is 6.07 Å². The molecule has 2 aromatic heterocycles. The molecule has 158 valence electrons. The second-order valence-electron chi connectivity index (χ2n) is 6.31. The van der Waals surface area contributed by atoms with Crippen molar-refractivity contribution in [1.82, 2.24) is 15.0 Å². The molecule has 0 radical (unpaired) electrons. The average Bonchev–Trinajstić information content (AvgIpc) is 2.72. The number of nitrogens with zero attached hydrogens (tertiary/aromatic N) is 4. The van der Waals surface area contributed by atoms with Crippen LogP contribution in [-0.4, -0.2) is 52.6 Å². The highest BCUT2D eigenvalue weighted by atomic mass is 16.5. The van der Waals surface area contributed by atoms with Crippen LogP contribution in [0.25, 0.3) is 0 Å². The number of nitrogens with one attached hydrogen (secondary N) is 1. The zero-order chi connectivity index (χ0) is 21.8. The van der Waals surface area contributed by atoms with Gasteiger partial charge in [0.15, 0.2) is 5.69 Å². The second-order valence-corrected chi connectivity index (χ2v) is 6.31. The number of methoxy groups -OCH3 is 1. The van der Waals surface area contributed by atoms with Crippen molar-refractivity contribution >= 4 is 24.0 Å². The van der Waals surface area contributed by atoms with Gasteiger partial charge in [0.05, 0.1) is 7.11 Å². The van der Waals surface area contributed by atoms with Crippen molar-refractivity contribution in [1.29, 1.82) is 0 Å². The lowest BCUT2D eigenvalue weighted by Gasteiger charge is -2.29. The molecule has 0 saturated carbocycles. The van der Waals surface area contributed by atoms with Crippen LogP contribution < -0.4 is 15.0 Å². The molecule has 29 heavy (non-hydrogen) atoms. The van der Waals surface area contributed by atoms with Gasteiger partial charge >= 0.3 is 5.97 Å². The summed E-state index contributed by atoms with van der Waals surface area (Å²) >= 11 is 0. The number of anilines is 2. The third-order valence-electron chi connectivity index (χ3n) is 4.32. The summed E-state index contributed by atoms with van der Waals surface area (Å²) < 4.78 is 4.79. The van der Waals surface area contributed by atoms with Gasteiger partial charge in [0, 0.05) is 19.2 Å². The number of ether oxygens (including phenoxy) is 1. The Bertz CT molecular complexity index is 800. The molecule has 9 nitrogen and oxygen atoms in total. The SMILES string of the molecule is CCCC(CC)N(C)c1nc(C(=O)O)ccc1C.COc1cc(NC=O)ncn1. The van der Waals surface area contributed by atoms with Gasteiger partial charge in [-0.1, -0.05) is 26.3 Å². The smallest absolute Gasteiger partial charge is 0.354 e. The summed E-state index contributed by atoms with van der Waals surface area (Å²) in [5.41, 5.74) is 1.12. The number of carboxylic acid groups (broad SMARTS) is 1. The number of aromatic carboxylic acids is 1. The first-order chi connectivity index (χ1) is 13.9. The molecule has 0 saturated heterocycles. The fourth-order valence-corrected chi connectivity index (χ4v) is 2.76. The molecule has 0 aliphatic rings. The minimum atomic E-state index is -0.979. The molecule has 1 amide bonds. The molecule has 9 heteroatoms. The van der Waals surface area contributed by atoms with E-state index >= 15 is 0 Å². The number of aromatic nitrogens is 3. The van der Waals surface area contributed by atoms with E-state index in [-0.39, 0.29) is 5.69 Å². The first-order valence-corrected chi connectivity index (χ1v) is 9.37. The summed E-state index contributed by atoms with van der Waals surface area (Å²) in [4.78, 5) is 34.8. The van der Waals surface area contributed by atoms with Crippen LogP contribution in [0.5, 0.6) is 5.88 Å². The highest BCUT2D eigenvalue weighted by molar-refractivity contribution is 5.86. The average molecular weight is 403 g/mol. The lowest BCUT2D eigenvalue weighted by Crippen LogP contribution is -2.32. The number of hydrogen-bond donors (Lipinski definition) is 2. The zero-order valence-corrected chi connectivity index (χ0v) is 17.5. The van der Waals surface area contributed by atoms with Gasteiger partial charge in [0.2, 0.25) is 12.3 Å². The Morgan fingerprint density at radius 3 is 2.62 bits per heavy atom. The van der Waals surface area contributed by atoms with Gasteiger partial charge in [0.25, 0.3) is 0 Å². The number of carbonyl (C=O) groups is 2. The Hall–Kier alpha value is -3.23. The van der Waals surface area contributed by atoms with Crippen molar-refractivity contribution in [2.24, 2.45) is 0 Å². The summed E-state index contributed by atoms with van der Waals surface area (Å²) in [6, 6.07) is 5.30. The molecule has 0 bridgehead atoms. The van der Waals surface area contributed by atoms with Gasteiger partial charge in [-0.2, -0.15) is 0 Å². The van der Waals surface area contributed by atoms with Crippen molar-refractivity contribution < 1.29 is 19.4 Å². The number of amides is 1. The van der Waals surface area contributed by atoms with E-state index < -0.39 is 5.97 Å². The molecule has 2 N–H and O–H groups in total. The van der Waals surface area contributed by atoms with E-state index in [4.69, 9.17) is 9.84 Å². The van der Waals surface area contributed by atoms with Gasteiger partial charge in [-0.3, -0.25) is 4.79 Å². The van der Waals surface area contributed by atoms with Crippen LogP contribution in [0.4, 0.5) is 11.6 Å². The Labute approximate surface area is 171 Å². The number of rotatable bonds is 9.